The monoisotopic (exact) mass is 232 g/mol. The topological polar surface area (TPSA) is 17.1 Å². The highest BCUT2D eigenvalue weighted by Gasteiger charge is 2.25. The van der Waals surface area contributed by atoms with Crippen LogP contribution in [0.4, 0.5) is 0 Å². The van der Waals surface area contributed by atoms with Crippen molar-refractivity contribution in [2.75, 3.05) is 11.5 Å². The fourth-order valence-electron chi connectivity index (χ4n) is 2.70. The van der Waals surface area contributed by atoms with E-state index in [2.05, 4.69) is 12.1 Å². The minimum atomic E-state index is 0.282. The lowest BCUT2D eigenvalue weighted by Gasteiger charge is -2.08. The van der Waals surface area contributed by atoms with E-state index in [9.17, 15) is 4.79 Å². The molecular weight excluding hydrogens is 216 g/mol. The first-order valence-electron chi connectivity index (χ1n) is 6.08. The van der Waals surface area contributed by atoms with Crippen molar-refractivity contribution in [1.82, 2.24) is 0 Å². The van der Waals surface area contributed by atoms with Gasteiger partial charge in [0.05, 0.1) is 0 Å². The average molecular weight is 232 g/mol. The second-order valence-electron chi connectivity index (χ2n) is 4.76. The zero-order valence-corrected chi connectivity index (χ0v) is 10.2. The molecule has 1 heterocycles. The van der Waals surface area contributed by atoms with Crippen molar-refractivity contribution in [2.24, 2.45) is 5.92 Å². The maximum atomic E-state index is 12.2. The molecule has 0 radical (unpaired) electrons. The number of rotatable bonds is 2. The molecular formula is C14H16OS. The number of ketones is 1. The molecule has 84 valence electrons. The van der Waals surface area contributed by atoms with Crippen LogP contribution in [0.2, 0.25) is 0 Å². The predicted octanol–water partition coefficient (Wildman–Crippen LogP) is 3.11. The second-order valence-corrected chi connectivity index (χ2v) is 5.91. The minimum Gasteiger partial charge on any atom is -0.294 e. The molecule has 0 spiro atoms. The molecule has 2 heteroatoms. The lowest BCUT2D eigenvalue weighted by molar-refractivity contribution is 0.0933. The standard InChI is InChI=1S/C14H16OS/c15-14(13-6-7-16-9-13)12-5-4-10-2-1-3-11(10)8-12/h4-5,8,13H,1-3,6-7,9H2. The highest BCUT2D eigenvalue weighted by molar-refractivity contribution is 7.99. The Hall–Kier alpha value is -0.760. The molecule has 1 aliphatic carbocycles. The Morgan fingerprint density at radius 1 is 1.25 bits per heavy atom. The van der Waals surface area contributed by atoms with Gasteiger partial charge in [-0.15, -0.1) is 0 Å². The number of hydrogen-bond acceptors (Lipinski definition) is 2. The molecule has 0 N–H and O–H groups in total. The van der Waals surface area contributed by atoms with Gasteiger partial charge in [0.15, 0.2) is 5.78 Å². The summed E-state index contributed by atoms with van der Waals surface area (Å²) in [6, 6.07) is 6.35. The first-order chi connectivity index (χ1) is 7.84. The average Bonchev–Trinajstić information content (AvgIpc) is 2.98. The number of fused-ring (bicyclic) bond motifs is 1. The Morgan fingerprint density at radius 2 is 2.12 bits per heavy atom. The number of carbonyl (C=O) groups is 1. The Balaban J connectivity index is 1.86. The minimum absolute atomic E-state index is 0.282. The van der Waals surface area contributed by atoms with E-state index in [1.54, 1.807) is 0 Å². The first-order valence-corrected chi connectivity index (χ1v) is 7.24. The summed E-state index contributed by atoms with van der Waals surface area (Å²) in [5.41, 5.74) is 3.82. The van der Waals surface area contributed by atoms with E-state index < -0.39 is 0 Å². The fraction of sp³-hybridized carbons (Fsp3) is 0.500. The van der Waals surface area contributed by atoms with E-state index in [0.29, 0.717) is 5.78 Å². The van der Waals surface area contributed by atoms with E-state index in [-0.39, 0.29) is 5.92 Å². The van der Waals surface area contributed by atoms with E-state index >= 15 is 0 Å². The summed E-state index contributed by atoms with van der Waals surface area (Å²) >= 11 is 1.91. The van der Waals surface area contributed by atoms with Gasteiger partial charge in [-0.2, -0.15) is 11.8 Å². The van der Waals surface area contributed by atoms with Crippen molar-refractivity contribution in [1.29, 1.82) is 0 Å². The van der Waals surface area contributed by atoms with Gasteiger partial charge in [0.25, 0.3) is 0 Å². The Morgan fingerprint density at radius 3 is 2.94 bits per heavy atom. The van der Waals surface area contributed by atoms with Crippen LogP contribution in [0.3, 0.4) is 0 Å². The van der Waals surface area contributed by atoms with Gasteiger partial charge in [-0.1, -0.05) is 12.1 Å². The summed E-state index contributed by atoms with van der Waals surface area (Å²) < 4.78 is 0. The Kier molecular flexibility index (Phi) is 2.76. The summed E-state index contributed by atoms with van der Waals surface area (Å²) in [6.45, 7) is 0. The van der Waals surface area contributed by atoms with Crippen LogP contribution in [0.5, 0.6) is 0 Å². The lowest BCUT2D eigenvalue weighted by atomic mass is 9.95. The van der Waals surface area contributed by atoms with Crippen molar-refractivity contribution in [2.45, 2.75) is 25.7 Å². The molecule has 1 nitrogen and oxygen atoms in total. The maximum Gasteiger partial charge on any atom is 0.166 e. The van der Waals surface area contributed by atoms with Gasteiger partial charge < -0.3 is 0 Å². The van der Waals surface area contributed by atoms with Crippen molar-refractivity contribution in [3.8, 4) is 0 Å². The molecule has 16 heavy (non-hydrogen) atoms. The third kappa shape index (κ3) is 1.80. The van der Waals surface area contributed by atoms with Crippen LogP contribution in [-0.2, 0) is 12.8 Å². The van der Waals surface area contributed by atoms with Crippen molar-refractivity contribution in [3.63, 3.8) is 0 Å². The quantitative estimate of drug-likeness (QED) is 0.729. The Bertz CT molecular complexity index is 419. The molecule has 1 unspecified atom stereocenters. The van der Waals surface area contributed by atoms with Crippen LogP contribution in [0.1, 0.15) is 34.3 Å². The summed E-state index contributed by atoms with van der Waals surface area (Å²) in [4.78, 5) is 12.2. The van der Waals surface area contributed by atoms with Gasteiger partial charge in [0.1, 0.15) is 0 Å². The highest BCUT2D eigenvalue weighted by atomic mass is 32.2. The number of hydrogen-bond donors (Lipinski definition) is 0. The molecule has 1 saturated heterocycles. The molecule has 3 rings (SSSR count). The van der Waals surface area contributed by atoms with Crippen LogP contribution in [0, 0.1) is 5.92 Å². The number of carbonyl (C=O) groups excluding carboxylic acids is 1. The van der Waals surface area contributed by atoms with E-state index in [1.807, 2.05) is 17.8 Å². The van der Waals surface area contributed by atoms with Gasteiger partial charge in [0, 0.05) is 17.2 Å². The first kappa shape index (κ1) is 10.4. The SMILES string of the molecule is O=C(c1ccc2c(c1)CCC2)C1CCSC1. The van der Waals surface area contributed by atoms with Crippen molar-refractivity contribution >= 4 is 17.5 Å². The molecule has 1 aromatic carbocycles. The van der Waals surface area contributed by atoms with Gasteiger partial charge >= 0.3 is 0 Å². The van der Waals surface area contributed by atoms with Gasteiger partial charge in [-0.05, 0) is 48.6 Å². The summed E-state index contributed by atoms with van der Waals surface area (Å²) in [7, 11) is 0. The van der Waals surface area contributed by atoms with E-state index in [0.717, 1.165) is 29.9 Å². The molecule has 1 fully saturated rings. The molecule has 0 amide bonds. The largest absolute Gasteiger partial charge is 0.294 e. The highest BCUT2D eigenvalue weighted by Crippen LogP contribution is 2.29. The van der Waals surface area contributed by atoms with Gasteiger partial charge in [0.2, 0.25) is 0 Å². The number of Topliss-reactive ketones (excluding diaryl/α,β-unsaturated/α-hetero) is 1. The van der Waals surface area contributed by atoms with Crippen LogP contribution in [-0.4, -0.2) is 17.3 Å². The normalized spacial score (nSPS) is 23.4. The Labute approximate surface area is 101 Å². The summed E-state index contributed by atoms with van der Waals surface area (Å²) in [5.74, 6) is 2.83. The van der Waals surface area contributed by atoms with Crippen molar-refractivity contribution < 1.29 is 4.79 Å². The predicted molar refractivity (Wildman–Crippen MR) is 68.2 cm³/mol. The lowest BCUT2D eigenvalue weighted by Crippen LogP contribution is -2.14. The van der Waals surface area contributed by atoms with Gasteiger partial charge in [-0.3, -0.25) is 4.79 Å². The maximum absolute atomic E-state index is 12.2. The van der Waals surface area contributed by atoms with Crippen LogP contribution in [0.25, 0.3) is 0 Å². The van der Waals surface area contributed by atoms with E-state index in [1.165, 1.54) is 24.0 Å². The zero-order chi connectivity index (χ0) is 11.0. The summed E-state index contributed by atoms with van der Waals surface area (Å²) in [5, 5.41) is 0. The molecule has 0 saturated carbocycles. The smallest absolute Gasteiger partial charge is 0.166 e. The van der Waals surface area contributed by atoms with Crippen LogP contribution < -0.4 is 0 Å². The molecule has 2 aliphatic rings. The molecule has 1 aliphatic heterocycles. The zero-order valence-electron chi connectivity index (χ0n) is 9.37. The van der Waals surface area contributed by atoms with Crippen LogP contribution >= 0.6 is 11.8 Å². The second kappa shape index (κ2) is 4.25. The van der Waals surface area contributed by atoms with Crippen LogP contribution in [0.15, 0.2) is 18.2 Å². The third-order valence-corrected chi connectivity index (χ3v) is 4.85. The fourth-order valence-corrected chi connectivity index (χ4v) is 3.92. The molecule has 0 aromatic heterocycles. The summed E-state index contributed by atoms with van der Waals surface area (Å²) in [6.07, 6.45) is 4.69. The van der Waals surface area contributed by atoms with Crippen molar-refractivity contribution in [3.05, 3.63) is 34.9 Å². The van der Waals surface area contributed by atoms with Gasteiger partial charge in [-0.25, -0.2) is 0 Å². The van der Waals surface area contributed by atoms with E-state index in [4.69, 9.17) is 0 Å². The molecule has 1 atom stereocenters. The molecule has 1 aromatic rings. The number of thioether (sulfide) groups is 1. The third-order valence-electron chi connectivity index (χ3n) is 3.68. The number of benzene rings is 1. The number of aryl methyl sites for hydroxylation is 2. The molecule has 0 bridgehead atoms.